The molecule has 0 aromatic heterocycles. The summed E-state index contributed by atoms with van der Waals surface area (Å²) in [6.45, 7) is 6.40. The van der Waals surface area contributed by atoms with Crippen molar-refractivity contribution in [1.82, 2.24) is 5.32 Å². The van der Waals surface area contributed by atoms with Gasteiger partial charge in [0.05, 0.1) is 5.56 Å². The molecule has 5 nitrogen and oxygen atoms in total. The summed E-state index contributed by atoms with van der Waals surface area (Å²) in [5, 5.41) is 8.73. The average molecular weight is 557 g/mol. The Hall–Kier alpha value is -2.78. The largest absolute Gasteiger partial charge is 0.332 e. The number of halogens is 1. The number of hydrogen-bond donors (Lipinski definition) is 3. The van der Waals surface area contributed by atoms with Crippen LogP contribution in [-0.4, -0.2) is 16.9 Å². The molecule has 3 aromatic rings. The molecule has 0 aliphatic carbocycles. The van der Waals surface area contributed by atoms with Crippen LogP contribution >= 0.6 is 34.8 Å². The lowest BCUT2D eigenvalue weighted by molar-refractivity contribution is 0.0975. The monoisotopic (exact) mass is 557 g/mol. The lowest BCUT2D eigenvalue weighted by atomic mass is 9.87. The van der Waals surface area contributed by atoms with Crippen LogP contribution in [0, 0.1) is 3.57 Å². The zero-order valence-electron chi connectivity index (χ0n) is 18.0. The summed E-state index contributed by atoms with van der Waals surface area (Å²) in [6.07, 6.45) is 0. The smallest absolute Gasteiger partial charge is 0.258 e. The molecule has 0 saturated carbocycles. The number of nitrogens with one attached hydrogen (secondary N) is 3. The number of carbonyl (C=O) groups excluding carboxylic acids is 2. The Bertz CT molecular complexity index is 1150. The third-order valence-corrected chi connectivity index (χ3v) is 5.88. The Morgan fingerprint density at radius 1 is 0.812 bits per heavy atom. The van der Waals surface area contributed by atoms with E-state index in [1.54, 1.807) is 36.4 Å². The van der Waals surface area contributed by atoms with Crippen LogP contribution in [0.2, 0.25) is 0 Å². The number of amides is 2. The van der Waals surface area contributed by atoms with Crippen molar-refractivity contribution in [3.8, 4) is 0 Å². The Kier molecular flexibility index (Phi) is 7.63. The Morgan fingerprint density at radius 2 is 1.44 bits per heavy atom. The van der Waals surface area contributed by atoms with Crippen LogP contribution in [0.4, 0.5) is 11.4 Å². The summed E-state index contributed by atoms with van der Waals surface area (Å²) >= 11 is 7.38. The number of benzene rings is 3. The maximum Gasteiger partial charge on any atom is 0.258 e. The van der Waals surface area contributed by atoms with Crippen LogP contribution in [0.3, 0.4) is 0 Å². The molecule has 164 valence electrons. The molecule has 3 N–H and O–H groups in total. The second-order valence-electron chi connectivity index (χ2n) is 8.25. The van der Waals surface area contributed by atoms with E-state index < -0.39 is 0 Å². The van der Waals surface area contributed by atoms with Crippen molar-refractivity contribution in [2.24, 2.45) is 0 Å². The van der Waals surface area contributed by atoms with Crippen molar-refractivity contribution in [2.75, 3.05) is 10.6 Å². The minimum atomic E-state index is -0.282. The zero-order valence-corrected chi connectivity index (χ0v) is 21.0. The zero-order chi connectivity index (χ0) is 23.3. The van der Waals surface area contributed by atoms with Gasteiger partial charge in [-0.25, -0.2) is 0 Å². The van der Waals surface area contributed by atoms with Gasteiger partial charge in [0, 0.05) is 20.5 Å². The second-order valence-corrected chi connectivity index (χ2v) is 9.82. The molecule has 0 heterocycles. The van der Waals surface area contributed by atoms with Crippen molar-refractivity contribution in [1.29, 1.82) is 0 Å². The van der Waals surface area contributed by atoms with E-state index in [4.69, 9.17) is 12.2 Å². The fraction of sp³-hybridized carbons (Fsp3) is 0.160. The van der Waals surface area contributed by atoms with E-state index in [0.29, 0.717) is 22.5 Å². The van der Waals surface area contributed by atoms with Crippen molar-refractivity contribution in [3.63, 3.8) is 0 Å². The van der Waals surface area contributed by atoms with Gasteiger partial charge in [0.25, 0.3) is 11.8 Å². The normalized spacial score (nSPS) is 10.9. The molecule has 0 atom stereocenters. The van der Waals surface area contributed by atoms with Gasteiger partial charge in [0.2, 0.25) is 0 Å². The molecule has 3 aromatic carbocycles. The summed E-state index contributed by atoms with van der Waals surface area (Å²) in [5.74, 6) is -0.479. The third kappa shape index (κ3) is 6.37. The van der Waals surface area contributed by atoms with Gasteiger partial charge in [-0.2, -0.15) is 0 Å². The van der Waals surface area contributed by atoms with Gasteiger partial charge in [0.1, 0.15) is 0 Å². The summed E-state index contributed by atoms with van der Waals surface area (Å²) < 4.78 is 0.839. The molecule has 0 aliphatic heterocycles. The molecule has 0 fully saturated rings. The number of hydrogen-bond acceptors (Lipinski definition) is 3. The number of rotatable bonds is 4. The van der Waals surface area contributed by atoms with E-state index >= 15 is 0 Å². The van der Waals surface area contributed by atoms with Gasteiger partial charge >= 0.3 is 0 Å². The first-order valence-corrected chi connectivity index (χ1v) is 11.5. The molecule has 2 amide bonds. The molecule has 3 rings (SSSR count). The lowest BCUT2D eigenvalue weighted by Crippen LogP contribution is -2.34. The Balaban J connectivity index is 1.62. The summed E-state index contributed by atoms with van der Waals surface area (Å²) in [5.41, 5.74) is 3.60. The minimum absolute atomic E-state index is 0.0294. The first-order chi connectivity index (χ1) is 15.1. The third-order valence-electron chi connectivity index (χ3n) is 4.74. The summed E-state index contributed by atoms with van der Waals surface area (Å²) in [7, 11) is 0. The molecule has 32 heavy (non-hydrogen) atoms. The van der Waals surface area contributed by atoms with Gasteiger partial charge in [-0.1, -0.05) is 51.1 Å². The van der Waals surface area contributed by atoms with Crippen LogP contribution in [0.25, 0.3) is 0 Å². The fourth-order valence-corrected chi connectivity index (χ4v) is 3.82. The number of carbonyl (C=O) groups is 2. The first-order valence-electron chi connectivity index (χ1n) is 10.0. The molecular weight excluding hydrogens is 533 g/mol. The van der Waals surface area contributed by atoms with Crippen molar-refractivity contribution >= 4 is 63.1 Å². The van der Waals surface area contributed by atoms with E-state index in [2.05, 4.69) is 59.3 Å². The Labute approximate surface area is 207 Å². The standard InChI is InChI=1S/C25H24IN3O2S/c1-25(2,3)17-13-11-16(12-14-17)22(30)27-18-7-6-8-19(15-18)28-24(32)29-23(31)20-9-4-5-10-21(20)26/h4-15H,1-3H3,(H,27,30)(H2,28,29,31,32). The highest BCUT2D eigenvalue weighted by atomic mass is 127. The minimum Gasteiger partial charge on any atom is -0.332 e. The first kappa shape index (κ1) is 23.9. The Morgan fingerprint density at radius 3 is 2.06 bits per heavy atom. The summed E-state index contributed by atoms with van der Waals surface area (Å²) in [6, 6.07) is 22.0. The van der Waals surface area contributed by atoms with Gasteiger partial charge < -0.3 is 10.6 Å². The summed E-state index contributed by atoms with van der Waals surface area (Å²) in [4.78, 5) is 25.0. The molecule has 7 heteroatoms. The highest BCUT2D eigenvalue weighted by Crippen LogP contribution is 2.23. The van der Waals surface area contributed by atoms with Crippen molar-refractivity contribution < 1.29 is 9.59 Å². The second kappa shape index (κ2) is 10.2. The van der Waals surface area contributed by atoms with E-state index in [0.717, 1.165) is 3.57 Å². The highest BCUT2D eigenvalue weighted by Gasteiger charge is 2.15. The van der Waals surface area contributed by atoms with Crippen molar-refractivity contribution in [3.05, 3.63) is 93.1 Å². The van der Waals surface area contributed by atoms with E-state index in [-0.39, 0.29) is 22.3 Å². The van der Waals surface area contributed by atoms with Gasteiger partial charge in [-0.05, 0) is 88.3 Å². The number of anilines is 2. The quantitative estimate of drug-likeness (QED) is 0.273. The number of thiocarbonyl (C=S) groups is 1. The van der Waals surface area contributed by atoms with E-state index in [9.17, 15) is 9.59 Å². The molecule has 0 radical (unpaired) electrons. The molecule has 0 spiro atoms. The molecular formula is C25H24IN3O2S. The van der Waals surface area contributed by atoms with Crippen molar-refractivity contribution in [2.45, 2.75) is 26.2 Å². The van der Waals surface area contributed by atoms with Crippen LogP contribution in [-0.2, 0) is 5.41 Å². The molecule has 0 aliphatic rings. The molecule has 0 bridgehead atoms. The molecule has 0 unspecified atom stereocenters. The van der Waals surface area contributed by atoms with Gasteiger partial charge in [-0.3, -0.25) is 14.9 Å². The van der Waals surface area contributed by atoms with Crippen LogP contribution in [0.5, 0.6) is 0 Å². The van der Waals surface area contributed by atoms with Crippen LogP contribution in [0.1, 0.15) is 47.1 Å². The lowest BCUT2D eigenvalue weighted by Gasteiger charge is -2.19. The maximum absolute atomic E-state index is 12.6. The highest BCUT2D eigenvalue weighted by molar-refractivity contribution is 14.1. The average Bonchev–Trinajstić information content (AvgIpc) is 2.73. The van der Waals surface area contributed by atoms with Crippen LogP contribution in [0.15, 0.2) is 72.8 Å². The maximum atomic E-state index is 12.6. The van der Waals surface area contributed by atoms with Gasteiger partial charge in [0.15, 0.2) is 5.11 Å². The van der Waals surface area contributed by atoms with E-state index in [1.165, 1.54) is 5.56 Å². The molecule has 0 saturated heterocycles. The topological polar surface area (TPSA) is 70.2 Å². The van der Waals surface area contributed by atoms with Gasteiger partial charge in [-0.15, -0.1) is 0 Å². The SMILES string of the molecule is CC(C)(C)c1ccc(C(=O)Nc2cccc(NC(=S)NC(=O)c3ccccc3I)c2)cc1. The van der Waals surface area contributed by atoms with E-state index in [1.807, 2.05) is 36.4 Å². The predicted molar refractivity (Wildman–Crippen MR) is 142 cm³/mol. The fourth-order valence-electron chi connectivity index (χ4n) is 2.98. The predicted octanol–water partition coefficient (Wildman–Crippen LogP) is 5.97. The van der Waals surface area contributed by atoms with Crippen LogP contribution < -0.4 is 16.0 Å².